The first-order valence-corrected chi connectivity index (χ1v) is 7.29. The quantitative estimate of drug-likeness (QED) is 0.668. The predicted octanol–water partition coefficient (Wildman–Crippen LogP) is 0.587. The van der Waals surface area contributed by atoms with Crippen LogP contribution in [0.15, 0.2) is 0 Å². The fourth-order valence-corrected chi connectivity index (χ4v) is 2.12. The van der Waals surface area contributed by atoms with Crippen molar-refractivity contribution in [2.75, 3.05) is 13.2 Å². The normalized spacial score (nSPS) is 21.6. The lowest BCUT2D eigenvalue weighted by Crippen LogP contribution is -2.51. The van der Waals surface area contributed by atoms with E-state index in [1.165, 1.54) is 0 Å². The third-order valence-corrected chi connectivity index (χ3v) is 3.43. The molecule has 6 nitrogen and oxygen atoms in total. The van der Waals surface area contributed by atoms with Crippen LogP contribution in [0.2, 0.25) is 0 Å². The Hall–Kier alpha value is -1.14. The number of hydrogen-bond donors (Lipinski definition) is 2. The zero-order valence-electron chi connectivity index (χ0n) is 12.6. The zero-order valence-corrected chi connectivity index (χ0v) is 12.6. The van der Waals surface area contributed by atoms with Crippen LogP contribution < -0.4 is 11.1 Å². The van der Waals surface area contributed by atoms with E-state index in [0.717, 1.165) is 12.8 Å². The van der Waals surface area contributed by atoms with E-state index in [4.69, 9.17) is 15.2 Å². The van der Waals surface area contributed by atoms with Gasteiger partial charge in [0.15, 0.2) is 0 Å². The predicted molar refractivity (Wildman–Crippen MR) is 75.0 cm³/mol. The van der Waals surface area contributed by atoms with Crippen molar-refractivity contribution in [3.8, 4) is 0 Å². The number of hydrogen-bond acceptors (Lipinski definition) is 5. The number of carbonyl (C=O) groups is 2. The topological polar surface area (TPSA) is 90.6 Å². The van der Waals surface area contributed by atoms with Crippen molar-refractivity contribution >= 4 is 11.9 Å². The molecule has 6 heteroatoms. The van der Waals surface area contributed by atoms with Gasteiger partial charge in [0, 0.05) is 13.0 Å². The molecule has 0 radical (unpaired) electrons. The molecule has 1 heterocycles. The summed E-state index contributed by atoms with van der Waals surface area (Å²) in [6, 6.07) is -1.31. The number of rotatable bonds is 7. The maximum absolute atomic E-state index is 12.0. The molecular weight excluding hydrogens is 260 g/mol. The molecule has 20 heavy (non-hydrogen) atoms. The largest absolute Gasteiger partial charge is 0.464 e. The van der Waals surface area contributed by atoms with E-state index in [0.29, 0.717) is 13.0 Å². The Morgan fingerprint density at radius 1 is 1.45 bits per heavy atom. The lowest BCUT2D eigenvalue weighted by molar-refractivity contribution is -0.148. The average Bonchev–Trinajstić information content (AvgIpc) is 2.90. The minimum Gasteiger partial charge on any atom is -0.464 e. The minimum atomic E-state index is -0.685. The Balaban J connectivity index is 2.61. The van der Waals surface area contributed by atoms with Gasteiger partial charge in [0.1, 0.15) is 6.04 Å². The molecule has 1 rings (SSSR count). The molecule has 0 saturated carbocycles. The molecule has 1 unspecified atom stereocenters. The molecule has 0 spiro atoms. The lowest BCUT2D eigenvalue weighted by atomic mass is 10.0. The van der Waals surface area contributed by atoms with Crippen LogP contribution in [0.5, 0.6) is 0 Å². The molecule has 3 N–H and O–H groups in total. The molecule has 0 bridgehead atoms. The number of ether oxygens (including phenoxy) is 2. The van der Waals surface area contributed by atoms with Crippen LogP contribution in [0.4, 0.5) is 0 Å². The van der Waals surface area contributed by atoms with Gasteiger partial charge in [0.25, 0.3) is 0 Å². The highest BCUT2D eigenvalue weighted by atomic mass is 16.5. The van der Waals surface area contributed by atoms with E-state index in [-0.39, 0.29) is 24.5 Å². The van der Waals surface area contributed by atoms with Crippen LogP contribution in [0.1, 0.15) is 40.0 Å². The van der Waals surface area contributed by atoms with Crippen molar-refractivity contribution in [3.05, 3.63) is 0 Å². The van der Waals surface area contributed by atoms with Crippen LogP contribution in [-0.2, 0) is 19.1 Å². The maximum atomic E-state index is 12.0. The van der Waals surface area contributed by atoms with Crippen molar-refractivity contribution in [2.24, 2.45) is 11.7 Å². The number of nitrogens with two attached hydrogens (primary N) is 1. The van der Waals surface area contributed by atoms with Gasteiger partial charge in [-0.25, -0.2) is 4.79 Å². The van der Waals surface area contributed by atoms with E-state index in [9.17, 15) is 9.59 Å². The van der Waals surface area contributed by atoms with Crippen molar-refractivity contribution in [2.45, 2.75) is 58.2 Å². The third-order valence-electron chi connectivity index (χ3n) is 3.43. The summed E-state index contributed by atoms with van der Waals surface area (Å²) in [6.45, 7) is 6.46. The fraction of sp³-hybridized carbons (Fsp3) is 0.857. The number of amides is 1. The summed E-state index contributed by atoms with van der Waals surface area (Å²) < 4.78 is 10.5. The summed E-state index contributed by atoms with van der Waals surface area (Å²) in [6.07, 6.45) is 2.33. The first-order chi connectivity index (χ1) is 9.45. The second kappa shape index (κ2) is 8.21. The minimum absolute atomic E-state index is 0.0000180. The summed E-state index contributed by atoms with van der Waals surface area (Å²) in [4.78, 5) is 23.9. The van der Waals surface area contributed by atoms with Crippen LogP contribution in [0.25, 0.3) is 0 Å². The first-order valence-electron chi connectivity index (χ1n) is 7.29. The molecule has 0 aromatic heterocycles. The molecule has 0 aromatic carbocycles. The van der Waals surface area contributed by atoms with Gasteiger partial charge >= 0.3 is 5.97 Å². The van der Waals surface area contributed by atoms with Crippen molar-refractivity contribution < 1.29 is 19.1 Å². The lowest BCUT2D eigenvalue weighted by Gasteiger charge is -2.23. The summed E-state index contributed by atoms with van der Waals surface area (Å²) in [5, 5.41) is 2.69. The summed E-state index contributed by atoms with van der Waals surface area (Å²) in [7, 11) is 0. The van der Waals surface area contributed by atoms with E-state index in [1.54, 1.807) is 6.92 Å². The number of carbonyl (C=O) groups excluding carboxylic acids is 2. The SMILES string of the molecule is CCOC(=O)[C@H](CC1CCCO1)NC(=O)[C@@H](N)C(C)C. The molecule has 0 aliphatic carbocycles. The van der Waals surface area contributed by atoms with E-state index < -0.39 is 18.1 Å². The Morgan fingerprint density at radius 2 is 2.15 bits per heavy atom. The smallest absolute Gasteiger partial charge is 0.328 e. The van der Waals surface area contributed by atoms with E-state index in [1.807, 2.05) is 13.8 Å². The molecule has 1 aliphatic rings. The molecule has 116 valence electrons. The van der Waals surface area contributed by atoms with Gasteiger partial charge < -0.3 is 20.5 Å². The van der Waals surface area contributed by atoms with Gasteiger partial charge in [-0.3, -0.25) is 4.79 Å². The van der Waals surface area contributed by atoms with Crippen LogP contribution in [-0.4, -0.2) is 43.3 Å². The molecule has 1 aliphatic heterocycles. The van der Waals surface area contributed by atoms with Crippen LogP contribution in [0.3, 0.4) is 0 Å². The second-order valence-electron chi connectivity index (χ2n) is 5.45. The van der Waals surface area contributed by atoms with Crippen LogP contribution in [0, 0.1) is 5.92 Å². The average molecular weight is 286 g/mol. The monoisotopic (exact) mass is 286 g/mol. The maximum Gasteiger partial charge on any atom is 0.328 e. The standard InChI is InChI=1S/C14H26N2O4/c1-4-19-14(18)11(8-10-6-5-7-20-10)16-13(17)12(15)9(2)3/h9-12H,4-8,15H2,1-3H3,(H,16,17)/t10?,11-,12-/m0/s1. The van der Waals surface area contributed by atoms with Crippen LogP contribution >= 0.6 is 0 Å². The third kappa shape index (κ3) is 5.09. The molecular formula is C14H26N2O4. The first kappa shape index (κ1) is 16.9. The highest BCUT2D eigenvalue weighted by Gasteiger charge is 2.30. The highest BCUT2D eigenvalue weighted by molar-refractivity contribution is 5.87. The zero-order chi connectivity index (χ0) is 15.1. The van der Waals surface area contributed by atoms with Gasteiger partial charge in [0.2, 0.25) is 5.91 Å². The molecule has 1 saturated heterocycles. The van der Waals surface area contributed by atoms with Gasteiger partial charge in [-0.1, -0.05) is 13.8 Å². The van der Waals surface area contributed by atoms with Crippen molar-refractivity contribution in [1.29, 1.82) is 0 Å². The highest BCUT2D eigenvalue weighted by Crippen LogP contribution is 2.17. The van der Waals surface area contributed by atoms with Gasteiger partial charge in [-0.05, 0) is 25.7 Å². The Morgan fingerprint density at radius 3 is 2.65 bits per heavy atom. The number of nitrogens with one attached hydrogen (secondary N) is 1. The van der Waals surface area contributed by atoms with E-state index >= 15 is 0 Å². The van der Waals surface area contributed by atoms with Gasteiger partial charge in [-0.15, -0.1) is 0 Å². The fourth-order valence-electron chi connectivity index (χ4n) is 2.12. The van der Waals surface area contributed by atoms with Gasteiger partial charge in [0.05, 0.1) is 18.8 Å². The summed E-state index contributed by atoms with van der Waals surface area (Å²) >= 11 is 0. The Kier molecular flexibility index (Phi) is 6.95. The molecule has 3 atom stereocenters. The Bertz CT molecular complexity index is 327. The van der Waals surface area contributed by atoms with Crippen molar-refractivity contribution in [3.63, 3.8) is 0 Å². The molecule has 1 amide bonds. The molecule has 1 fully saturated rings. The van der Waals surface area contributed by atoms with Crippen molar-refractivity contribution in [1.82, 2.24) is 5.32 Å². The summed E-state index contributed by atoms with van der Waals surface area (Å²) in [5.41, 5.74) is 5.80. The number of esters is 1. The summed E-state index contributed by atoms with van der Waals surface area (Å²) in [5.74, 6) is -0.732. The van der Waals surface area contributed by atoms with Gasteiger partial charge in [-0.2, -0.15) is 0 Å². The van der Waals surface area contributed by atoms with E-state index in [2.05, 4.69) is 5.32 Å². The molecule has 0 aromatic rings. The Labute approximate surface area is 120 Å². The second-order valence-corrected chi connectivity index (χ2v) is 5.45.